The van der Waals surface area contributed by atoms with Crippen molar-refractivity contribution in [3.63, 3.8) is 0 Å². The van der Waals surface area contributed by atoms with Gasteiger partial charge in [0.2, 0.25) is 5.91 Å². The van der Waals surface area contributed by atoms with Crippen molar-refractivity contribution in [1.82, 2.24) is 15.5 Å². The second-order valence-electron chi connectivity index (χ2n) is 6.62. The first-order valence-electron chi connectivity index (χ1n) is 8.26. The maximum atomic E-state index is 12.3. The Labute approximate surface area is 160 Å². The topological polar surface area (TPSA) is 95.6 Å². The van der Waals surface area contributed by atoms with E-state index in [1.165, 1.54) is 43.3 Å². The number of rotatable bonds is 5. The van der Waals surface area contributed by atoms with Gasteiger partial charge in [-0.25, -0.2) is 8.42 Å². The zero-order valence-corrected chi connectivity index (χ0v) is 16.8. The third kappa shape index (κ3) is 5.96. The van der Waals surface area contributed by atoms with Crippen molar-refractivity contribution in [2.45, 2.75) is 36.7 Å². The summed E-state index contributed by atoms with van der Waals surface area (Å²) in [7, 11) is -0.699. The first-order chi connectivity index (χ1) is 11.7. The summed E-state index contributed by atoms with van der Waals surface area (Å²) in [6, 6.07) is 6.18. The van der Waals surface area contributed by atoms with E-state index in [9.17, 15) is 18.0 Å². The molecule has 1 aromatic carbocycles. The molecule has 1 aromatic rings. The van der Waals surface area contributed by atoms with E-state index in [1.807, 2.05) is 0 Å². The van der Waals surface area contributed by atoms with Gasteiger partial charge < -0.3 is 15.5 Å². The van der Waals surface area contributed by atoms with Gasteiger partial charge in [0.1, 0.15) is 5.75 Å². The van der Waals surface area contributed by atoms with Crippen LogP contribution in [0.25, 0.3) is 0 Å². The molecule has 0 radical (unpaired) electrons. The zero-order chi connectivity index (χ0) is 18.6. The van der Waals surface area contributed by atoms with Crippen LogP contribution in [0.4, 0.5) is 0 Å². The van der Waals surface area contributed by atoms with Crippen LogP contribution in [0.15, 0.2) is 29.2 Å². The molecule has 2 amide bonds. The van der Waals surface area contributed by atoms with Gasteiger partial charge in [0.25, 0.3) is 5.91 Å². The van der Waals surface area contributed by atoms with Gasteiger partial charge in [0, 0.05) is 31.7 Å². The smallest absolute Gasteiger partial charge is 0.251 e. The lowest BCUT2D eigenvalue weighted by molar-refractivity contribution is -0.125. The Kier molecular flexibility index (Phi) is 8.05. The van der Waals surface area contributed by atoms with Crippen LogP contribution in [0.3, 0.4) is 0 Å². The molecule has 2 rings (SSSR count). The summed E-state index contributed by atoms with van der Waals surface area (Å²) in [5.41, 5.74) is 0.407. The number of halogens is 1. The summed E-state index contributed by atoms with van der Waals surface area (Å²) in [6.07, 6.45) is 1.74. The van der Waals surface area contributed by atoms with Gasteiger partial charge in [0.15, 0.2) is 9.84 Å². The van der Waals surface area contributed by atoms with E-state index in [2.05, 4.69) is 17.6 Å². The molecule has 1 saturated heterocycles. The molecule has 7 nitrogen and oxygen atoms in total. The summed E-state index contributed by atoms with van der Waals surface area (Å²) in [5, 5.41) is 6.31. The van der Waals surface area contributed by atoms with Crippen molar-refractivity contribution in [2.75, 3.05) is 26.4 Å². The summed E-state index contributed by atoms with van der Waals surface area (Å²) in [5.74, 6) is -1.28. The molecule has 9 heteroatoms. The highest BCUT2D eigenvalue weighted by Crippen LogP contribution is 2.14. The molecule has 0 spiro atoms. The number of piperidine rings is 1. The predicted octanol–water partition coefficient (Wildman–Crippen LogP) is 0.841. The van der Waals surface area contributed by atoms with Crippen LogP contribution in [0, 0.1) is 0 Å². The third-order valence-corrected chi connectivity index (χ3v) is 5.86. The van der Waals surface area contributed by atoms with Gasteiger partial charge in [-0.05, 0) is 50.6 Å². The number of sulfone groups is 1. The van der Waals surface area contributed by atoms with E-state index in [-0.39, 0.29) is 29.3 Å². The second kappa shape index (κ2) is 9.34. The molecule has 0 bridgehead atoms. The molecule has 0 aliphatic carbocycles. The molecule has 1 aliphatic rings. The Bertz CT molecular complexity index is 735. The van der Waals surface area contributed by atoms with Gasteiger partial charge in [-0.3, -0.25) is 9.59 Å². The second-order valence-corrected chi connectivity index (χ2v) is 8.61. The van der Waals surface area contributed by atoms with Crippen molar-refractivity contribution in [2.24, 2.45) is 0 Å². The van der Waals surface area contributed by atoms with Crippen LogP contribution in [0.1, 0.15) is 30.1 Å². The van der Waals surface area contributed by atoms with Crippen LogP contribution in [-0.2, 0) is 14.6 Å². The Morgan fingerprint density at radius 1 is 1.23 bits per heavy atom. The fraction of sp³-hybridized carbons (Fsp3) is 0.529. The predicted molar refractivity (Wildman–Crippen MR) is 102 cm³/mol. The number of carbonyl (C=O) groups is 2. The monoisotopic (exact) mass is 403 g/mol. The van der Waals surface area contributed by atoms with Crippen LogP contribution in [0.5, 0.6) is 0 Å². The third-order valence-electron chi connectivity index (χ3n) is 4.25. The first-order valence-corrected chi connectivity index (χ1v) is 9.91. The molecule has 1 heterocycles. The summed E-state index contributed by atoms with van der Waals surface area (Å²) < 4.78 is 24.5. The molecule has 2 unspecified atom stereocenters. The summed E-state index contributed by atoms with van der Waals surface area (Å²) in [6.45, 7) is 2.94. The molecule has 2 atom stereocenters. The fourth-order valence-electron chi connectivity index (χ4n) is 2.72. The minimum atomic E-state index is -3.71. The van der Waals surface area contributed by atoms with Crippen LogP contribution >= 0.6 is 12.4 Å². The van der Waals surface area contributed by atoms with Crippen LogP contribution in [0.2, 0.25) is 0 Å². The van der Waals surface area contributed by atoms with Gasteiger partial charge in [0.05, 0.1) is 4.90 Å². The summed E-state index contributed by atoms with van der Waals surface area (Å²) >= 11 is 0. The molecule has 0 aromatic heterocycles. The maximum Gasteiger partial charge on any atom is 0.251 e. The van der Waals surface area contributed by atoms with E-state index in [1.54, 1.807) is 0 Å². The number of hydrogen-bond acceptors (Lipinski definition) is 5. The van der Waals surface area contributed by atoms with E-state index in [0.717, 1.165) is 19.4 Å². The number of amides is 2. The Hall–Kier alpha value is -1.64. The van der Waals surface area contributed by atoms with Gasteiger partial charge >= 0.3 is 0 Å². The van der Waals surface area contributed by atoms with Crippen molar-refractivity contribution >= 4 is 34.1 Å². The molecule has 2 N–H and O–H groups in total. The van der Waals surface area contributed by atoms with E-state index in [0.29, 0.717) is 11.6 Å². The van der Waals surface area contributed by atoms with Crippen molar-refractivity contribution in [3.05, 3.63) is 29.8 Å². The molecular formula is C17H26ClN3O4S. The molecule has 1 aliphatic heterocycles. The lowest BCUT2D eigenvalue weighted by Crippen LogP contribution is -2.46. The van der Waals surface area contributed by atoms with Crippen molar-refractivity contribution < 1.29 is 18.0 Å². The number of nitrogens with zero attached hydrogens (tertiary/aromatic N) is 1. The highest BCUT2D eigenvalue weighted by Gasteiger charge is 2.22. The highest BCUT2D eigenvalue weighted by molar-refractivity contribution is 7.92. The van der Waals surface area contributed by atoms with E-state index < -0.39 is 21.5 Å². The lowest BCUT2D eigenvalue weighted by atomic mass is 10.0. The molecule has 146 valence electrons. The fourth-order valence-corrected chi connectivity index (χ4v) is 4.02. The largest absolute Gasteiger partial charge is 0.349 e. The van der Waals surface area contributed by atoms with Gasteiger partial charge in [-0.1, -0.05) is 0 Å². The zero-order valence-electron chi connectivity index (χ0n) is 15.2. The lowest BCUT2D eigenvalue weighted by Gasteiger charge is -2.28. The van der Waals surface area contributed by atoms with Crippen LogP contribution < -0.4 is 10.6 Å². The molecular weight excluding hydrogens is 378 g/mol. The molecule has 26 heavy (non-hydrogen) atoms. The summed E-state index contributed by atoms with van der Waals surface area (Å²) in [4.78, 5) is 25.2. The number of benzene rings is 1. The maximum absolute atomic E-state index is 12.3. The van der Waals surface area contributed by atoms with Crippen molar-refractivity contribution in [1.29, 1.82) is 0 Å². The van der Waals surface area contributed by atoms with Gasteiger partial charge in [-0.2, -0.15) is 0 Å². The molecule has 0 saturated carbocycles. The Balaban J connectivity index is 0.00000338. The molecule has 1 fully saturated rings. The normalized spacial score (nSPS) is 20.0. The van der Waals surface area contributed by atoms with E-state index >= 15 is 0 Å². The standard InChI is InChI=1S/C17H25N3O4S.ClH/c1-12-10-14(8-9-18-12)19-17(22)13-4-6-15(7-5-13)25(23,24)11-16(21)20(2)3;/h4-7,12,14,18H,8-11H2,1-3H3,(H,19,22);1H. The number of hydrogen-bond donors (Lipinski definition) is 2. The van der Waals surface area contributed by atoms with Crippen LogP contribution in [-0.4, -0.2) is 63.6 Å². The minimum Gasteiger partial charge on any atom is -0.349 e. The minimum absolute atomic E-state index is 0. The Morgan fingerprint density at radius 3 is 2.38 bits per heavy atom. The number of nitrogens with one attached hydrogen (secondary N) is 2. The Morgan fingerprint density at radius 2 is 1.85 bits per heavy atom. The average molecular weight is 404 g/mol. The quantitative estimate of drug-likeness (QED) is 0.759. The van der Waals surface area contributed by atoms with Crippen molar-refractivity contribution in [3.8, 4) is 0 Å². The SMILES string of the molecule is CC1CC(NC(=O)c2ccc(S(=O)(=O)CC(=O)N(C)C)cc2)CCN1.Cl. The highest BCUT2D eigenvalue weighted by atomic mass is 35.5. The van der Waals surface area contributed by atoms with Gasteiger partial charge in [-0.15, -0.1) is 12.4 Å². The average Bonchev–Trinajstić information content (AvgIpc) is 2.54. The number of carbonyl (C=O) groups excluding carboxylic acids is 2. The first kappa shape index (κ1) is 22.4. The van der Waals surface area contributed by atoms with E-state index in [4.69, 9.17) is 0 Å².